The van der Waals surface area contributed by atoms with Gasteiger partial charge >= 0.3 is 0 Å². The van der Waals surface area contributed by atoms with Gasteiger partial charge in [0.25, 0.3) is 0 Å². The molecule has 16 heavy (non-hydrogen) atoms. The summed E-state index contributed by atoms with van der Waals surface area (Å²) in [5.41, 5.74) is 0. The van der Waals surface area contributed by atoms with Gasteiger partial charge in [0.1, 0.15) is 0 Å². The van der Waals surface area contributed by atoms with Crippen molar-refractivity contribution in [3.05, 3.63) is 58.7 Å². The van der Waals surface area contributed by atoms with Gasteiger partial charge in [0.2, 0.25) is 0 Å². The van der Waals surface area contributed by atoms with Crippen LogP contribution >= 0.6 is 0 Å². The topological polar surface area (TPSA) is 51.2 Å². The van der Waals surface area contributed by atoms with Gasteiger partial charge in [-0.25, -0.2) is 0 Å². The van der Waals surface area contributed by atoms with E-state index in [0.29, 0.717) is 0 Å². The second-order valence-corrected chi connectivity index (χ2v) is 1.08. The molecule has 0 radical (unpaired) electrons. The monoisotopic (exact) mass is 393 g/mol. The van der Waals surface area contributed by atoms with Crippen LogP contribution in [0, 0.1) is 28.3 Å². The smallest absolute Gasteiger partial charge is 0 e. The van der Waals surface area contributed by atoms with Crippen LogP contribution in [-0.2, 0) is 35.4 Å². The summed E-state index contributed by atoms with van der Waals surface area (Å²) in [5.74, 6) is 0. The van der Waals surface area contributed by atoms with Crippen LogP contribution in [0.4, 0.5) is 0 Å². The number of hydrogen-bond donors (Lipinski definition) is 0. The molecule has 0 amide bonds. The Balaban J connectivity index is -0.0000000147. The average Bonchev–Trinajstić information content (AvgIpc) is 2.29. The van der Waals surface area contributed by atoms with Crippen LogP contribution in [0.5, 0.6) is 0 Å². The third-order valence-corrected chi connectivity index (χ3v) is 0.607. The van der Waals surface area contributed by atoms with Crippen molar-refractivity contribution in [2.75, 3.05) is 0 Å². The molecule has 0 unspecified atom stereocenters. The zero-order valence-corrected chi connectivity index (χ0v) is 12.7. The van der Waals surface area contributed by atoms with Gasteiger partial charge in [-0.05, 0) is 0 Å². The van der Waals surface area contributed by atoms with E-state index < -0.39 is 0 Å². The molecule has 0 N–H and O–H groups in total. The van der Waals surface area contributed by atoms with Crippen molar-refractivity contribution in [2.45, 2.75) is 0 Å². The minimum absolute atomic E-state index is 0. The summed E-state index contributed by atoms with van der Waals surface area (Å²) in [5, 5.41) is 0. The first kappa shape index (κ1) is 46.1. The number of carbonyl (C=O) groups excluding carboxylic acids is 3. The van der Waals surface area contributed by atoms with Crippen molar-refractivity contribution in [1.29, 1.82) is 0 Å². The maximum absolute atomic E-state index is 7.75. The maximum Gasteiger partial charge on any atom is 0 e. The van der Waals surface area contributed by atoms with Gasteiger partial charge in [-0.1, -0.05) is 0 Å². The molecule has 0 bridgehead atoms. The molecule has 3 nitrogen and oxygen atoms in total. The van der Waals surface area contributed by atoms with Crippen LogP contribution in [0.25, 0.3) is 0 Å². The molecule has 0 aliphatic carbocycles. The Kier molecular flexibility index (Phi) is 277. The van der Waals surface area contributed by atoms with Crippen molar-refractivity contribution in [2.24, 2.45) is 0 Å². The standard InChI is InChI=1S/C6H5.3CHO.3CH3.W/c1-2-4-6-5-3-1;3*1-2;;;;/h1-5H;3*1H;3*1H3;/q7*-1;. The predicted octanol–water partition coefficient (Wildman–Crippen LogP) is 2.01. The molecule has 0 spiro atoms. The predicted molar refractivity (Wildman–Crippen MR) is 64.8 cm³/mol. The van der Waals surface area contributed by atoms with E-state index in [1.54, 1.807) is 0 Å². The Hall–Kier alpha value is -1.08. The van der Waals surface area contributed by atoms with Crippen molar-refractivity contribution in [1.82, 2.24) is 0 Å². The number of hydrogen-bond acceptors (Lipinski definition) is 3. The molecule has 0 aliphatic heterocycles. The van der Waals surface area contributed by atoms with E-state index in [9.17, 15) is 0 Å². The Bertz CT molecular complexity index is 117. The fourth-order valence-electron chi connectivity index (χ4n) is 0.342. The average molecular weight is 393 g/mol. The van der Waals surface area contributed by atoms with Crippen LogP contribution in [0.15, 0.2) is 30.3 Å². The number of rotatable bonds is 0. The molecule has 0 fully saturated rings. The van der Waals surface area contributed by atoms with Crippen molar-refractivity contribution >= 4 is 20.4 Å². The van der Waals surface area contributed by atoms with Gasteiger partial charge in [0.05, 0.1) is 0 Å². The summed E-state index contributed by atoms with van der Waals surface area (Å²) in [7, 11) is 0. The van der Waals surface area contributed by atoms with Gasteiger partial charge in [0, 0.05) is 21.1 Å². The largest absolute Gasteiger partial charge is 0.545 e. The zero-order valence-electron chi connectivity index (χ0n) is 9.75. The first-order valence-corrected chi connectivity index (χ1v) is 2.62. The van der Waals surface area contributed by atoms with E-state index >= 15 is 0 Å². The summed E-state index contributed by atoms with van der Waals surface area (Å²) in [6.07, 6.45) is 0. The first-order valence-electron chi connectivity index (χ1n) is 2.62. The third kappa shape index (κ3) is 75.9. The molecule has 0 heterocycles. The molecular weight excluding hydrogens is 376 g/mol. The molecule has 0 aliphatic rings. The summed E-state index contributed by atoms with van der Waals surface area (Å²) in [6, 6.07) is 12.5. The van der Waals surface area contributed by atoms with Gasteiger partial charge < -0.3 is 36.7 Å². The number of benzene rings is 1. The SMILES string of the molecule is [CH-]=O.[CH-]=O.[CH-]=O.[CH3-].[CH3-].[CH3-].[W].[c-]1ccccc1. The van der Waals surface area contributed by atoms with Crippen LogP contribution in [-0.4, -0.2) is 20.4 Å². The van der Waals surface area contributed by atoms with Gasteiger partial charge in [-0.3, -0.25) is 20.4 Å². The fraction of sp³-hybridized carbons (Fsp3) is 0. The molecule has 1 rings (SSSR count). The van der Waals surface area contributed by atoms with E-state index in [1.807, 2.05) is 30.3 Å². The zero-order chi connectivity index (χ0) is 10.2. The summed E-state index contributed by atoms with van der Waals surface area (Å²) in [4.78, 5) is 23.2. The summed E-state index contributed by atoms with van der Waals surface area (Å²) in [6.45, 7) is 9.75. The van der Waals surface area contributed by atoms with Gasteiger partial charge in [-0.2, -0.15) is 36.4 Å². The van der Waals surface area contributed by atoms with E-state index in [4.69, 9.17) is 14.4 Å². The Morgan fingerprint density at radius 3 is 0.938 bits per heavy atom. The van der Waals surface area contributed by atoms with Crippen LogP contribution < -0.4 is 0 Å². The molecule has 96 valence electrons. The van der Waals surface area contributed by atoms with Crippen molar-refractivity contribution < 1.29 is 35.4 Å². The summed E-state index contributed by atoms with van der Waals surface area (Å²) >= 11 is 0. The Morgan fingerprint density at radius 2 is 0.875 bits per heavy atom. The Morgan fingerprint density at radius 1 is 0.625 bits per heavy atom. The van der Waals surface area contributed by atoms with E-state index in [0.717, 1.165) is 0 Å². The fourth-order valence-corrected chi connectivity index (χ4v) is 0.342. The third-order valence-electron chi connectivity index (χ3n) is 0.607. The molecule has 0 aromatic heterocycles. The molecular formula is C12H17O3W-7. The van der Waals surface area contributed by atoms with E-state index in [1.165, 1.54) is 0 Å². The second-order valence-electron chi connectivity index (χ2n) is 1.08. The molecule has 0 atom stereocenters. The van der Waals surface area contributed by atoms with Crippen LogP contribution in [0.2, 0.25) is 0 Å². The molecule has 0 saturated carbocycles. The van der Waals surface area contributed by atoms with E-state index in [2.05, 4.69) is 26.4 Å². The minimum Gasteiger partial charge on any atom is -0.545 e. The first-order chi connectivity index (χ1) is 6.00. The second kappa shape index (κ2) is 96.0. The van der Waals surface area contributed by atoms with Crippen molar-refractivity contribution in [3.8, 4) is 0 Å². The minimum atomic E-state index is 0. The quantitative estimate of drug-likeness (QED) is 0.501. The van der Waals surface area contributed by atoms with Gasteiger partial charge in [0.15, 0.2) is 0 Å². The molecule has 4 heteroatoms. The molecule has 1 aromatic carbocycles. The normalized spacial score (nSPS) is 3.75. The van der Waals surface area contributed by atoms with Gasteiger partial charge in [-0.15, -0.1) is 0 Å². The summed E-state index contributed by atoms with van der Waals surface area (Å²) < 4.78 is 0. The van der Waals surface area contributed by atoms with Crippen LogP contribution in [0.1, 0.15) is 0 Å². The van der Waals surface area contributed by atoms with Crippen LogP contribution in [0.3, 0.4) is 0 Å². The van der Waals surface area contributed by atoms with Crippen molar-refractivity contribution in [3.63, 3.8) is 0 Å². The molecule has 0 saturated heterocycles. The Labute approximate surface area is 115 Å². The van der Waals surface area contributed by atoms with E-state index in [-0.39, 0.29) is 43.3 Å². The maximum atomic E-state index is 7.75. The molecule has 1 aromatic rings.